The van der Waals surface area contributed by atoms with E-state index in [1.807, 2.05) is 0 Å². The first-order valence-corrected chi connectivity index (χ1v) is 5.23. The fourth-order valence-electron chi connectivity index (χ4n) is 1.31. The number of anilines is 1. The summed E-state index contributed by atoms with van der Waals surface area (Å²) in [4.78, 5) is 14.9. The molecule has 0 aliphatic rings. The van der Waals surface area contributed by atoms with Gasteiger partial charge in [-0.2, -0.15) is 0 Å². The van der Waals surface area contributed by atoms with Crippen LogP contribution in [0.3, 0.4) is 0 Å². The molecule has 0 radical (unpaired) electrons. The molecule has 0 saturated heterocycles. The fraction of sp³-hybridized carbons (Fsp3) is 0.200. The van der Waals surface area contributed by atoms with Crippen LogP contribution in [-0.2, 0) is 11.5 Å². The van der Waals surface area contributed by atoms with Gasteiger partial charge in [0, 0.05) is 12.6 Å². The number of halogens is 1. The highest BCUT2D eigenvalue weighted by Gasteiger charge is 2.04. The maximum Gasteiger partial charge on any atom is 0.221 e. The van der Waals surface area contributed by atoms with Gasteiger partial charge < -0.3 is 5.32 Å². The summed E-state index contributed by atoms with van der Waals surface area (Å²) in [6.45, 7) is 0.901. The second-order valence-electron chi connectivity index (χ2n) is 3.10. The highest BCUT2D eigenvalue weighted by molar-refractivity contribution is 7.18. The van der Waals surface area contributed by atoms with Crippen LogP contribution in [0.4, 0.5) is 10.1 Å². The van der Waals surface area contributed by atoms with E-state index >= 15 is 0 Å². The SMILES string of the molecule is CC(=O)Nc1ccc2nc(CF)sc2c1. The van der Waals surface area contributed by atoms with Gasteiger partial charge in [0.1, 0.15) is 11.7 Å². The van der Waals surface area contributed by atoms with Crippen molar-refractivity contribution >= 4 is 33.1 Å². The van der Waals surface area contributed by atoms with Crippen molar-refractivity contribution in [3.63, 3.8) is 0 Å². The molecule has 0 bridgehead atoms. The number of hydrogen-bond donors (Lipinski definition) is 1. The first kappa shape index (κ1) is 10.0. The number of benzene rings is 1. The Hall–Kier alpha value is -1.49. The van der Waals surface area contributed by atoms with Crippen molar-refractivity contribution in [3.05, 3.63) is 23.2 Å². The number of thiazole rings is 1. The van der Waals surface area contributed by atoms with Crippen LogP contribution in [0, 0.1) is 0 Å². The number of rotatable bonds is 2. The lowest BCUT2D eigenvalue weighted by molar-refractivity contribution is -0.114. The van der Waals surface area contributed by atoms with Crippen LogP contribution in [0.25, 0.3) is 10.2 Å². The van der Waals surface area contributed by atoms with Crippen LogP contribution >= 0.6 is 11.3 Å². The minimum atomic E-state index is -0.547. The molecule has 0 aliphatic heterocycles. The summed E-state index contributed by atoms with van der Waals surface area (Å²) in [5.74, 6) is -0.121. The van der Waals surface area contributed by atoms with E-state index in [9.17, 15) is 9.18 Å². The molecule has 3 nitrogen and oxygen atoms in total. The van der Waals surface area contributed by atoms with Gasteiger partial charge in [0.2, 0.25) is 5.91 Å². The molecule has 1 amide bonds. The quantitative estimate of drug-likeness (QED) is 0.852. The van der Waals surface area contributed by atoms with Crippen LogP contribution in [0.1, 0.15) is 11.9 Å². The Labute approximate surface area is 89.9 Å². The number of aromatic nitrogens is 1. The maximum atomic E-state index is 12.4. The average Bonchev–Trinajstić information content (AvgIpc) is 2.58. The normalized spacial score (nSPS) is 10.5. The van der Waals surface area contributed by atoms with Gasteiger partial charge in [-0.3, -0.25) is 4.79 Å². The smallest absolute Gasteiger partial charge is 0.221 e. The minimum absolute atomic E-state index is 0.121. The Morgan fingerprint density at radius 1 is 1.60 bits per heavy atom. The molecule has 2 aromatic rings. The lowest BCUT2D eigenvalue weighted by Crippen LogP contribution is -2.05. The van der Waals surface area contributed by atoms with Gasteiger partial charge in [-0.15, -0.1) is 11.3 Å². The number of carbonyl (C=O) groups is 1. The number of nitrogens with one attached hydrogen (secondary N) is 1. The number of carbonyl (C=O) groups excluding carboxylic acids is 1. The van der Waals surface area contributed by atoms with Crippen molar-refractivity contribution in [1.29, 1.82) is 0 Å². The van der Waals surface area contributed by atoms with Gasteiger partial charge in [-0.05, 0) is 18.2 Å². The molecule has 0 aliphatic carbocycles. The van der Waals surface area contributed by atoms with Crippen LogP contribution < -0.4 is 5.32 Å². The van der Waals surface area contributed by atoms with Gasteiger partial charge >= 0.3 is 0 Å². The number of hydrogen-bond acceptors (Lipinski definition) is 3. The van der Waals surface area contributed by atoms with Gasteiger partial charge in [0.15, 0.2) is 0 Å². The second kappa shape index (κ2) is 3.94. The van der Waals surface area contributed by atoms with E-state index in [0.717, 1.165) is 10.2 Å². The molecule has 2 rings (SSSR count). The van der Waals surface area contributed by atoms with Crippen LogP contribution in [0.5, 0.6) is 0 Å². The number of nitrogens with zero attached hydrogens (tertiary/aromatic N) is 1. The van der Waals surface area contributed by atoms with E-state index < -0.39 is 6.67 Å². The van der Waals surface area contributed by atoms with Crippen LogP contribution in [0.15, 0.2) is 18.2 Å². The molecule has 15 heavy (non-hydrogen) atoms. The molecule has 0 unspecified atom stereocenters. The molecule has 1 heterocycles. The van der Waals surface area contributed by atoms with Crippen molar-refractivity contribution < 1.29 is 9.18 Å². The Balaban J connectivity index is 2.41. The first-order chi connectivity index (χ1) is 7.19. The van der Waals surface area contributed by atoms with Crippen LogP contribution in [0.2, 0.25) is 0 Å². The molecule has 1 N–H and O–H groups in total. The molecule has 0 saturated carbocycles. The zero-order chi connectivity index (χ0) is 10.8. The van der Waals surface area contributed by atoms with Crippen molar-refractivity contribution in [1.82, 2.24) is 4.98 Å². The Kier molecular flexibility index (Phi) is 2.64. The zero-order valence-corrected chi connectivity index (χ0v) is 8.90. The van der Waals surface area contributed by atoms with E-state index in [4.69, 9.17) is 0 Å². The molecule has 0 fully saturated rings. The molecule has 1 aromatic carbocycles. The topological polar surface area (TPSA) is 42.0 Å². The predicted octanol–water partition coefficient (Wildman–Crippen LogP) is 2.72. The monoisotopic (exact) mass is 224 g/mol. The Morgan fingerprint density at radius 3 is 3.07 bits per heavy atom. The Morgan fingerprint density at radius 2 is 2.40 bits per heavy atom. The molecule has 78 valence electrons. The summed E-state index contributed by atoms with van der Waals surface area (Å²) in [6.07, 6.45) is 0. The largest absolute Gasteiger partial charge is 0.326 e. The van der Waals surface area contributed by atoms with E-state index in [0.29, 0.717) is 10.7 Å². The molecular formula is C10H9FN2OS. The summed E-state index contributed by atoms with van der Waals surface area (Å²) >= 11 is 1.30. The summed E-state index contributed by atoms with van der Waals surface area (Å²) in [6, 6.07) is 5.33. The predicted molar refractivity (Wildman–Crippen MR) is 58.7 cm³/mol. The van der Waals surface area contributed by atoms with Gasteiger partial charge in [0.05, 0.1) is 10.2 Å². The lowest BCUT2D eigenvalue weighted by atomic mass is 10.3. The zero-order valence-electron chi connectivity index (χ0n) is 8.08. The van der Waals surface area contributed by atoms with E-state index in [2.05, 4.69) is 10.3 Å². The second-order valence-corrected chi connectivity index (χ2v) is 4.22. The van der Waals surface area contributed by atoms with Crippen LogP contribution in [-0.4, -0.2) is 10.9 Å². The third kappa shape index (κ3) is 2.12. The molecule has 0 atom stereocenters. The number of fused-ring (bicyclic) bond motifs is 1. The summed E-state index contributed by atoms with van der Waals surface area (Å²) in [5, 5.41) is 3.13. The van der Waals surface area contributed by atoms with Crippen molar-refractivity contribution in [2.75, 3.05) is 5.32 Å². The van der Waals surface area contributed by atoms with E-state index in [1.54, 1.807) is 18.2 Å². The summed E-state index contributed by atoms with van der Waals surface area (Å²) < 4.78 is 13.2. The molecule has 5 heteroatoms. The van der Waals surface area contributed by atoms with E-state index in [-0.39, 0.29) is 5.91 Å². The fourth-order valence-corrected chi connectivity index (χ4v) is 2.17. The third-order valence-electron chi connectivity index (χ3n) is 1.87. The van der Waals surface area contributed by atoms with Gasteiger partial charge in [0.25, 0.3) is 0 Å². The summed E-state index contributed by atoms with van der Waals surface area (Å²) in [7, 11) is 0. The van der Waals surface area contributed by atoms with Gasteiger partial charge in [-0.25, -0.2) is 9.37 Å². The van der Waals surface area contributed by atoms with Crippen molar-refractivity contribution in [2.45, 2.75) is 13.6 Å². The number of alkyl halides is 1. The van der Waals surface area contributed by atoms with Crippen molar-refractivity contribution in [3.8, 4) is 0 Å². The van der Waals surface area contributed by atoms with Gasteiger partial charge in [-0.1, -0.05) is 0 Å². The first-order valence-electron chi connectivity index (χ1n) is 4.42. The lowest BCUT2D eigenvalue weighted by Gasteiger charge is -1.99. The number of amides is 1. The Bertz CT molecular complexity index is 509. The highest BCUT2D eigenvalue weighted by atomic mass is 32.1. The third-order valence-corrected chi connectivity index (χ3v) is 2.85. The average molecular weight is 224 g/mol. The molecule has 1 aromatic heterocycles. The van der Waals surface area contributed by atoms with Crippen molar-refractivity contribution in [2.24, 2.45) is 0 Å². The molecule has 0 spiro atoms. The van der Waals surface area contributed by atoms with E-state index in [1.165, 1.54) is 18.3 Å². The highest BCUT2D eigenvalue weighted by Crippen LogP contribution is 2.25. The summed E-state index contributed by atoms with van der Waals surface area (Å²) in [5.41, 5.74) is 1.48. The maximum absolute atomic E-state index is 12.4. The molecular weight excluding hydrogens is 215 g/mol. The minimum Gasteiger partial charge on any atom is -0.326 e. The standard InChI is InChI=1S/C10H9FN2OS/c1-6(14)12-7-2-3-8-9(4-7)15-10(5-11)13-8/h2-4H,5H2,1H3,(H,12,14).